The second-order valence-corrected chi connectivity index (χ2v) is 9.78. The maximum absolute atomic E-state index is 12.7. The number of anilines is 1. The van der Waals surface area contributed by atoms with Crippen molar-refractivity contribution < 1.29 is 36.2 Å². The number of aliphatic carboxylic acids is 1. The summed E-state index contributed by atoms with van der Waals surface area (Å²) in [6.07, 6.45) is 0.375. The molecule has 4 rings (SSSR count). The van der Waals surface area contributed by atoms with Crippen LogP contribution in [-0.4, -0.2) is 72.1 Å². The summed E-state index contributed by atoms with van der Waals surface area (Å²) in [6.45, 7) is 1.83. The van der Waals surface area contributed by atoms with E-state index in [4.69, 9.17) is 14.6 Å². The Morgan fingerprint density at radius 2 is 1.93 bits per heavy atom. The minimum absolute atomic E-state index is 0.0440. The van der Waals surface area contributed by atoms with Gasteiger partial charge in [0.25, 0.3) is 0 Å². The monoisotopic (exact) mass is 451 g/mol. The number of halogens is 3. The molecule has 168 valence electrons. The first kappa shape index (κ1) is 22.8. The molecule has 0 radical (unpaired) electrons. The van der Waals surface area contributed by atoms with E-state index in [2.05, 4.69) is 10.3 Å². The van der Waals surface area contributed by atoms with Crippen LogP contribution in [0, 0.1) is 5.92 Å². The molecule has 0 aromatic carbocycles. The Balaban J connectivity index is 0.000000318. The molecular formula is C18H24F3N3O5S. The molecule has 8 nitrogen and oxygen atoms in total. The Hall–Kier alpha value is -1.92. The number of piperidine rings is 1. The summed E-state index contributed by atoms with van der Waals surface area (Å²) in [5.74, 6) is -1.71. The van der Waals surface area contributed by atoms with Gasteiger partial charge < -0.3 is 15.2 Å². The Kier molecular flexibility index (Phi) is 6.88. The highest BCUT2D eigenvalue weighted by Gasteiger charge is 2.47. The summed E-state index contributed by atoms with van der Waals surface area (Å²) in [7, 11) is -3.15. The molecule has 2 aliphatic heterocycles. The first-order chi connectivity index (χ1) is 14.1. The van der Waals surface area contributed by atoms with Crippen molar-refractivity contribution in [3.8, 4) is 0 Å². The molecule has 0 unspecified atom stereocenters. The van der Waals surface area contributed by atoms with E-state index >= 15 is 0 Å². The second-order valence-electron chi connectivity index (χ2n) is 7.57. The second kappa shape index (κ2) is 9.06. The molecule has 1 aliphatic carbocycles. The molecule has 0 amide bonds. The SMILES string of the molecule is O=C(O)C(F)(F)F.O=S(=O)(C1CC1)N1C[C@@H]2CCCO[C@@H]2[C@H](Nc2ccccn2)C1. The van der Waals surface area contributed by atoms with Crippen LogP contribution in [0.25, 0.3) is 0 Å². The van der Waals surface area contributed by atoms with Gasteiger partial charge in [0.05, 0.1) is 17.4 Å². The number of fused-ring (bicyclic) bond motifs is 1. The number of rotatable bonds is 4. The van der Waals surface area contributed by atoms with Crippen molar-refractivity contribution in [1.82, 2.24) is 9.29 Å². The molecule has 1 aromatic heterocycles. The lowest BCUT2D eigenvalue weighted by Crippen LogP contribution is -2.59. The first-order valence-electron chi connectivity index (χ1n) is 9.67. The van der Waals surface area contributed by atoms with Crippen LogP contribution >= 0.6 is 0 Å². The van der Waals surface area contributed by atoms with Gasteiger partial charge in [-0.3, -0.25) is 0 Å². The summed E-state index contributed by atoms with van der Waals surface area (Å²) in [6, 6.07) is 5.66. The van der Waals surface area contributed by atoms with Crippen LogP contribution in [0.4, 0.5) is 19.0 Å². The van der Waals surface area contributed by atoms with Crippen molar-refractivity contribution in [2.24, 2.45) is 5.92 Å². The average Bonchev–Trinajstić information content (AvgIpc) is 3.54. The largest absolute Gasteiger partial charge is 0.490 e. The number of nitrogens with one attached hydrogen (secondary N) is 1. The van der Waals surface area contributed by atoms with Gasteiger partial charge in [-0.15, -0.1) is 0 Å². The third kappa shape index (κ3) is 5.61. The van der Waals surface area contributed by atoms with Gasteiger partial charge in [-0.25, -0.2) is 18.2 Å². The maximum atomic E-state index is 12.7. The van der Waals surface area contributed by atoms with E-state index in [1.54, 1.807) is 10.5 Å². The minimum Gasteiger partial charge on any atom is -0.475 e. The van der Waals surface area contributed by atoms with Crippen LogP contribution in [-0.2, 0) is 19.6 Å². The molecule has 0 bridgehead atoms. The lowest BCUT2D eigenvalue weighted by atomic mass is 9.86. The zero-order chi connectivity index (χ0) is 21.9. The van der Waals surface area contributed by atoms with Crippen molar-refractivity contribution in [2.75, 3.05) is 25.0 Å². The Bertz CT molecular complexity index is 833. The number of hydrogen-bond acceptors (Lipinski definition) is 6. The van der Waals surface area contributed by atoms with Gasteiger partial charge >= 0.3 is 12.1 Å². The van der Waals surface area contributed by atoms with Crippen molar-refractivity contribution in [3.05, 3.63) is 24.4 Å². The summed E-state index contributed by atoms with van der Waals surface area (Å²) in [5.41, 5.74) is 0. The lowest BCUT2D eigenvalue weighted by Gasteiger charge is -2.45. The fraction of sp³-hybridized carbons (Fsp3) is 0.667. The van der Waals surface area contributed by atoms with Crippen LogP contribution in [0.1, 0.15) is 25.7 Å². The van der Waals surface area contributed by atoms with Gasteiger partial charge in [0, 0.05) is 31.8 Å². The smallest absolute Gasteiger partial charge is 0.475 e. The number of carboxylic acid groups (broad SMARTS) is 1. The van der Waals surface area contributed by atoms with Gasteiger partial charge in [0.1, 0.15) is 5.82 Å². The zero-order valence-corrected chi connectivity index (χ0v) is 16.9. The number of nitrogens with zero attached hydrogens (tertiary/aromatic N) is 2. The number of sulfonamides is 1. The molecule has 3 fully saturated rings. The van der Waals surface area contributed by atoms with Crippen LogP contribution in [0.3, 0.4) is 0 Å². The summed E-state index contributed by atoms with van der Waals surface area (Å²) < 4.78 is 64.7. The van der Waals surface area contributed by atoms with E-state index in [0.717, 1.165) is 38.1 Å². The number of pyridine rings is 1. The highest BCUT2D eigenvalue weighted by molar-refractivity contribution is 7.90. The van der Waals surface area contributed by atoms with Gasteiger partial charge in [0.2, 0.25) is 10.0 Å². The Morgan fingerprint density at radius 3 is 2.50 bits per heavy atom. The maximum Gasteiger partial charge on any atom is 0.490 e. The van der Waals surface area contributed by atoms with Crippen LogP contribution in [0.15, 0.2) is 24.4 Å². The molecule has 3 atom stereocenters. The van der Waals surface area contributed by atoms with E-state index in [1.807, 2.05) is 18.2 Å². The topological polar surface area (TPSA) is 109 Å². The van der Waals surface area contributed by atoms with E-state index in [0.29, 0.717) is 13.1 Å². The summed E-state index contributed by atoms with van der Waals surface area (Å²) in [5, 5.41) is 10.4. The molecule has 3 heterocycles. The lowest BCUT2D eigenvalue weighted by molar-refractivity contribution is -0.192. The fourth-order valence-corrected chi connectivity index (χ4v) is 5.64. The number of aromatic nitrogens is 1. The normalized spacial score (nSPS) is 27.4. The minimum atomic E-state index is -5.08. The van der Waals surface area contributed by atoms with Gasteiger partial charge in [0.15, 0.2) is 0 Å². The van der Waals surface area contributed by atoms with E-state index in [-0.39, 0.29) is 23.3 Å². The number of alkyl halides is 3. The number of carboxylic acids is 1. The number of ether oxygens (including phenoxy) is 1. The van der Waals surface area contributed by atoms with E-state index in [1.165, 1.54) is 0 Å². The first-order valence-corrected chi connectivity index (χ1v) is 11.2. The highest BCUT2D eigenvalue weighted by Crippen LogP contribution is 2.36. The van der Waals surface area contributed by atoms with Crippen molar-refractivity contribution in [1.29, 1.82) is 0 Å². The standard InChI is InChI=1S/C16H23N3O3S.C2HF3O2/c20-23(21,13-6-7-13)19-10-12-4-3-9-22-16(12)14(11-19)18-15-5-1-2-8-17-15;3-2(4,5)1(6)7/h1-2,5,8,12-14,16H,3-4,6-7,9-11H2,(H,17,18);(H,6,7)/t12-,14+,16-;/m0./s1. The van der Waals surface area contributed by atoms with Crippen molar-refractivity contribution in [3.63, 3.8) is 0 Å². The van der Waals surface area contributed by atoms with Gasteiger partial charge in [-0.05, 0) is 37.8 Å². The highest BCUT2D eigenvalue weighted by atomic mass is 32.2. The molecule has 30 heavy (non-hydrogen) atoms. The molecule has 1 aromatic rings. The zero-order valence-electron chi connectivity index (χ0n) is 16.1. The predicted molar refractivity (Wildman–Crippen MR) is 101 cm³/mol. The van der Waals surface area contributed by atoms with Crippen molar-refractivity contribution in [2.45, 2.75) is 49.3 Å². The van der Waals surface area contributed by atoms with Crippen LogP contribution < -0.4 is 5.32 Å². The van der Waals surface area contributed by atoms with Crippen molar-refractivity contribution >= 4 is 21.8 Å². The predicted octanol–water partition coefficient (Wildman–Crippen LogP) is 2.10. The molecule has 3 aliphatic rings. The van der Waals surface area contributed by atoms with E-state index in [9.17, 15) is 21.6 Å². The molecular weight excluding hydrogens is 427 g/mol. The van der Waals surface area contributed by atoms with Gasteiger partial charge in [-0.2, -0.15) is 17.5 Å². The van der Waals surface area contributed by atoms with Crippen LogP contribution in [0.5, 0.6) is 0 Å². The summed E-state index contributed by atoms with van der Waals surface area (Å²) in [4.78, 5) is 13.2. The molecule has 0 spiro atoms. The van der Waals surface area contributed by atoms with E-state index < -0.39 is 22.2 Å². The number of hydrogen-bond donors (Lipinski definition) is 2. The van der Waals surface area contributed by atoms with Crippen LogP contribution in [0.2, 0.25) is 0 Å². The fourth-order valence-electron chi connectivity index (χ4n) is 3.71. The molecule has 2 saturated heterocycles. The molecule has 2 N–H and O–H groups in total. The molecule has 12 heteroatoms. The molecule has 1 saturated carbocycles. The Morgan fingerprint density at radius 1 is 1.23 bits per heavy atom. The summed E-state index contributed by atoms with van der Waals surface area (Å²) >= 11 is 0. The van der Waals surface area contributed by atoms with Gasteiger partial charge in [-0.1, -0.05) is 6.07 Å². The Labute approximate surface area is 172 Å². The number of carbonyl (C=O) groups is 1. The third-order valence-corrected chi connectivity index (χ3v) is 7.61. The quantitative estimate of drug-likeness (QED) is 0.722. The average molecular weight is 451 g/mol. The third-order valence-electron chi connectivity index (χ3n) is 5.28.